The summed E-state index contributed by atoms with van der Waals surface area (Å²) in [6.07, 6.45) is 1.77. The van der Waals surface area contributed by atoms with Gasteiger partial charge in [-0.3, -0.25) is 4.99 Å². The van der Waals surface area contributed by atoms with Gasteiger partial charge in [-0.05, 0) is 31.9 Å². The van der Waals surface area contributed by atoms with E-state index < -0.39 is 11.6 Å². The molecule has 1 saturated heterocycles. The maximum atomic E-state index is 13.9. The molecule has 1 aromatic carbocycles. The second kappa shape index (κ2) is 8.10. The van der Waals surface area contributed by atoms with Crippen molar-refractivity contribution < 1.29 is 18.3 Å². The Morgan fingerprint density at radius 2 is 2.16 bits per heavy atom. The largest absolute Gasteiger partial charge is 0.379 e. The number of hydrogen-bond donors (Lipinski definition) is 2. The number of halogens is 2. The summed E-state index contributed by atoms with van der Waals surface area (Å²) in [6.45, 7) is 3.96. The first-order chi connectivity index (χ1) is 12.1. The Bertz CT molecular complexity index is 600. The molecule has 4 unspecified atom stereocenters. The van der Waals surface area contributed by atoms with Crippen LogP contribution < -0.4 is 10.6 Å². The highest BCUT2D eigenvalue weighted by Crippen LogP contribution is 2.43. The molecule has 1 heterocycles. The van der Waals surface area contributed by atoms with E-state index in [9.17, 15) is 8.78 Å². The van der Waals surface area contributed by atoms with E-state index in [1.807, 2.05) is 6.92 Å². The highest BCUT2D eigenvalue weighted by atomic mass is 19.1. The van der Waals surface area contributed by atoms with E-state index in [4.69, 9.17) is 9.47 Å². The highest BCUT2D eigenvalue weighted by Gasteiger charge is 2.42. The van der Waals surface area contributed by atoms with E-state index in [0.717, 1.165) is 13.0 Å². The Hall–Kier alpha value is -1.73. The first-order valence-electron chi connectivity index (χ1n) is 8.71. The van der Waals surface area contributed by atoms with Gasteiger partial charge in [0.15, 0.2) is 5.96 Å². The number of ether oxygens (including phenoxy) is 2. The van der Waals surface area contributed by atoms with Gasteiger partial charge in [-0.25, -0.2) is 8.78 Å². The van der Waals surface area contributed by atoms with Crippen molar-refractivity contribution in [3.63, 3.8) is 0 Å². The summed E-state index contributed by atoms with van der Waals surface area (Å²) in [5.41, 5.74) is 0.160. The molecule has 0 amide bonds. The lowest BCUT2D eigenvalue weighted by molar-refractivity contribution is 0.0347. The summed E-state index contributed by atoms with van der Waals surface area (Å²) >= 11 is 0. The van der Waals surface area contributed by atoms with Crippen LogP contribution in [0.15, 0.2) is 23.2 Å². The summed E-state index contributed by atoms with van der Waals surface area (Å²) in [6, 6.07) is 4.03. The van der Waals surface area contributed by atoms with Gasteiger partial charge in [0.25, 0.3) is 0 Å². The lowest BCUT2D eigenvalue weighted by Crippen LogP contribution is -2.45. The molecule has 2 aliphatic rings. The first-order valence-corrected chi connectivity index (χ1v) is 8.71. The quantitative estimate of drug-likeness (QED) is 0.608. The zero-order valence-corrected chi connectivity index (χ0v) is 14.6. The van der Waals surface area contributed by atoms with E-state index in [1.165, 1.54) is 18.2 Å². The molecule has 0 spiro atoms. The average molecular weight is 353 g/mol. The van der Waals surface area contributed by atoms with Crippen LogP contribution in [-0.2, 0) is 9.47 Å². The zero-order chi connectivity index (χ0) is 17.8. The summed E-state index contributed by atoms with van der Waals surface area (Å²) in [4.78, 5) is 4.19. The van der Waals surface area contributed by atoms with Crippen LogP contribution in [0.1, 0.15) is 31.2 Å². The van der Waals surface area contributed by atoms with Gasteiger partial charge in [-0.1, -0.05) is 6.07 Å². The van der Waals surface area contributed by atoms with Crippen LogP contribution in [0, 0.1) is 11.6 Å². The van der Waals surface area contributed by atoms with Gasteiger partial charge in [-0.2, -0.15) is 0 Å². The fourth-order valence-electron chi connectivity index (χ4n) is 3.08. The third-order valence-electron chi connectivity index (χ3n) is 4.56. The predicted molar refractivity (Wildman–Crippen MR) is 91.8 cm³/mol. The van der Waals surface area contributed by atoms with E-state index in [0.29, 0.717) is 25.6 Å². The molecule has 1 aliphatic carbocycles. The molecule has 1 aliphatic heterocycles. The second-order valence-electron chi connectivity index (χ2n) is 6.66. The van der Waals surface area contributed by atoms with Crippen LogP contribution >= 0.6 is 0 Å². The molecular weight excluding hydrogens is 328 g/mol. The van der Waals surface area contributed by atoms with Crippen LogP contribution in [0.2, 0.25) is 0 Å². The molecule has 138 valence electrons. The summed E-state index contributed by atoms with van der Waals surface area (Å²) in [5.74, 6) is -0.527. The van der Waals surface area contributed by atoms with Crippen molar-refractivity contribution in [2.24, 2.45) is 4.99 Å². The predicted octanol–water partition coefficient (Wildman–Crippen LogP) is 2.18. The third kappa shape index (κ3) is 4.67. The molecule has 1 saturated carbocycles. The molecule has 3 rings (SSSR count). The SMILES string of the molecule is CN=C(NC(C)COC1CCOC1)NC1CC1c1c(F)cccc1F. The Morgan fingerprint density at radius 1 is 1.40 bits per heavy atom. The molecule has 0 bridgehead atoms. The van der Waals surface area contributed by atoms with Gasteiger partial charge in [0.2, 0.25) is 0 Å². The lowest BCUT2D eigenvalue weighted by Gasteiger charge is -2.20. The number of guanidine groups is 1. The molecule has 0 radical (unpaired) electrons. The van der Waals surface area contributed by atoms with Gasteiger partial charge >= 0.3 is 0 Å². The number of aliphatic imine (C=N–C) groups is 1. The fourth-order valence-corrected chi connectivity index (χ4v) is 3.08. The molecule has 0 aromatic heterocycles. The Kier molecular flexibility index (Phi) is 5.86. The van der Waals surface area contributed by atoms with E-state index >= 15 is 0 Å². The maximum Gasteiger partial charge on any atom is 0.191 e. The van der Waals surface area contributed by atoms with Crippen molar-refractivity contribution in [3.8, 4) is 0 Å². The minimum atomic E-state index is -0.488. The standard InChI is InChI=1S/C18H25F2N3O2/c1-11(9-25-12-6-7-24-10-12)22-18(21-2)23-16-8-13(16)17-14(19)4-3-5-15(17)20/h3-5,11-13,16H,6-10H2,1-2H3,(H2,21,22,23). The van der Waals surface area contributed by atoms with E-state index in [1.54, 1.807) is 7.05 Å². The highest BCUT2D eigenvalue weighted by molar-refractivity contribution is 5.80. The second-order valence-corrected chi connectivity index (χ2v) is 6.66. The number of benzene rings is 1. The van der Waals surface area contributed by atoms with Gasteiger partial charge < -0.3 is 20.1 Å². The minimum absolute atomic E-state index is 0.0195. The fraction of sp³-hybridized carbons (Fsp3) is 0.611. The maximum absolute atomic E-state index is 13.9. The van der Waals surface area contributed by atoms with Crippen LogP contribution in [-0.4, -0.2) is 51.0 Å². The van der Waals surface area contributed by atoms with Crippen LogP contribution in [0.25, 0.3) is 0 Å². The van der Waals surface area contributed by atoms with Crippen LogP contribution in [0.4, 0.5) is 8.78 Å². The summed E-state index contributed by atoms with van der Waals surface area (Å²) in [7, 11) is 1.68. The number of nitrogens with one attached hydrogen (secondary N) is 2. The van der Waals surface area contributed by atoms with Crippen molar-refractivity contribution in [1.82, 2.24) is 10.6 Å². The first kappa shape index (κ1) is 18.1. The monoisotopic (exact) mass is 353 g/mol. The van der Waals surface area contributed by atoms with Gasteiger partial charge in [0, 0.05) is 37.2 Å². The number of rotatable bonds is 6. The molecule has 25 heavy (non-hydrogen) atoms. The molecule has 7 heteroatoms. The minimum Gasteiger partial charge on any atom is -0.379 e. The normalized spacial score (nSPS) is 27.2. The van der Waals surface area contributed by atoms with Gasteiger partial charge in [0.1, 0.15) is 11.6 Å². The van der Waals surface area contributed by atoms with Crippen molar-refractivity contribution in [2.45, 2.75) is 43.9 Å². The van der Waals surface area contributed by atoms with Crippen LogP contribution in [0.3, 0.4) is 0 Å². The molecule has 2 fully saturated rings. The van der Waals surface area contributed by atoms with Crippen molar-refractivity contribution in [2.75, 3.05) is 26.9 Å². The lowest BCUT2D eigenvalue weighted by atomic mass is 10.1. The smallest absolute Gasteiger partial charge is 0.191 e. The Morgan fingerprint density at radius 3 is 2.80 bits per heavy atom. The molecule has 5 nitrogen and oxygen atoms in total. The number of nitrogens with zero attached hydrogens (tertiary/aromatic N) is 1. The molecule has 1 aromatic rings. The van der Waals surface area contributed by atoms with Gasteiger partial charge in [-0.15, -0.1) is 0 Å². The molecule has 4 atom stereocenters. The van der Waals surface area contributed by atoms with Crippen molar-refractivity contribution in [3.05, 3.63) is 35.4 Å². The Balaban J connectivity index is 1.47. The van der Waals surface area contributed by atoms with Gasteiger partial charge in [0.05, 0.1) is 19.3 Å². The van der Waals surface area contributed by atoms with Crippen LogP contribution in [0.5, 0.6) is 0 Å². The third-order valence-corrected chi connectivity index (χ3v) is 4.56. The number of hydrogen-bond acceptors (Lipinski definition) is 3. The summed E-state index contributed by atoms with van der Waals surface area (Å²) in [5, 5.41) is 6.48. The molecular formula is C18H25F2N3O2. The zero-order valence-electron chi connectivity index (χ0n) is 14.6. The molecule has 2 N–H and O–H groups in total. The topological polar surface area (TPSA) is 54.9 Å². The Labute approximate surface area is 146 Å². The summed E-state index contributed by atoms with van der Waals surface area (Å²) < 4.78 is 38.8. The average Bonchev–Trinajstić information content (AvgIpc) is 3.12. The van der Waals surface area contributed by atoms with E-state index in [2.05, 4.69) is 15.6 Å². The van der Waals surface area contributed by atoms with Crippen molar-refractivity contribution >= 4 is 5.96 Å². The van der Waals surface area contributed by atoms with Crippen molar-refractivity contribution in [1.29, 1.82) is 0 Å². The van der Waals surface area contributed by atoms with E-state index in [-0.39, 0.29) is 29.7 Å².